The van der Waals surface area contributed by atoms with Crippen molar-refractivity contribution in [2.45, 2.75) is 13.0 Å². The molecule has 0 radical (unpaired) electrons. The maximum Gasteiger partial charge on any atom is 0.130 e. The predicted molar refractivity (Wildman–Crippen MR) is 185 cm³/mol. The Morgan fingerprint density at radius 1 is 0.442 bits per heavy atom. The van der Waals surface area contributed by atoms with Crippen LogP contribution in [0.3, 0.4) is 0 Å². The van der Waals surface area contributed by atoms with E-state index in [9.17, 15) is 0 Å². The molecule has 43 heavy (non-hydrogen) atoms. The lowest BCUT2D eigenvalue weighted by Crippen LogP contribution is -2.30. The summed E-state index contributed by atoms with van der Waals surface area (Å²) >= 11 is 0. The monoisotopic (exact) mass is 594 g/mol. The normalized spacial score (nSPS) is 14.2. The molecule has 6 aromatic rings. The SMILES string of the molecule is C[C@H]1COc2cccc(P(c3ccccc3)c3ccccc3)c2-c2c(cccc2P(c2ccccc2)c2ccccc2)O1. The summed E-state index contributed by atoms with van der Waals surface area (Å²) in [6.07, 6.45) is -0.0877. The van der Waals surface area contributed by atoms with Gasteiger partial charge in [-0.2, -0.15) is 0 Å². The molecular weight excluding hydrogens is 562 g/mol. The minimum Gasteiger partial charge on any atom is -0.489 e. The van der Waals surface area contributed by atoms with Crippen molar-refractivity contribution in [2.75, 3.05) is 6.61 Å². The molecule has 0 bridgehead atoms. The van der Waals surface area contributed by atoms with Gasteiger partial charge in [-0.25, -0.2) is 0 Å². The number of benzene rings is 6. The highest BCUT2D eigenvalue weighted by Crippen LogP contribution is 2.47. The van der Waals surface area contributed by atoms with E-state index in [1.54, 1.807) is 0 Å². The predicted octanol–water partition coefficient (Wildman–Crippen LogP) is 7.03. The smallest absolute Gasteiger partial charge is 0.130 e. The summed E-state index contributed by atoms with van der Waals surface area (Å²) in [6, 6.07) is 56.8. The van der Waals surface area contributed by atoms with Crippen LogP contribution in [0.1, 0.15) is 6.92 Å². The highest BCUT2D eigenvalue weighted by atomic mass is 31.1. The molecule has 0 saturated heterocycles. The zero-order chi connectivity index (χ0) is 29.0. The minimum absolute atomic E-state index is 0.0877. The third-order valence-corrected chi connectivity index (χ3v) is 12.6. The largest absolute Gasteiger partial charge is 0.489 e. The molecule has 4 heteroatoms. The van der Waals surface area contributed by atoms with E-state index in [0.717, 1.165) is 22.6 Å². The summed E-state index contributed by atoms with van der Waals surface area (Å²) in [5.41, 5.74) is 2.27. The molecule has 1 aliphatic rings. The van der Waals surface area contributed by atoms with Crippen LogP contribution in [-0.4, -0.2) is 12.7 Å². The van der Waals surface area contributed by atoms with Crippen LogP contribution in [0.5, 0.6) is 11.5 Å². The number of hydrogen-bond acceptors (Lipinski definition) is 2. The zero-order valence-electron chi connectivity index (χ0n) is 24.0. The van der Waals surface area contributed by atoms with Gasteiger partial charge in [0.15, 0.2) is 0 Å². The number of hydrogen-bond donors (Lipinski definition) is 0. The maximum absolute atomic E-state index is 6.69. The van der Waals surface area contributed by atoms with Gasteiger partial charge in [0.2, 0.25) is 0 Å². The molecule has 0 unspecified atom stereocenters. The van der Waals surface area contributed by atoms with Crippen LogP contribution < -0.4 is 41.3 Å². The number of ether oxygens (including phenoxy) is 2. The van der Waals surface area contributed by atoms with E-state index in [0.29, 0.717) is 6.61 Å². The molecule has 1 heterocycles. The summed E-state index contributed by atoms with van der Waals surface area (Å²) < 4.78 is 13.3. The van der Waals surface area contributed by atoms with Crippen LogP contribution >= 0.6 is 15.8 Å². The molecule has 0 aromatic heterocycles. The van der Waals surface area contributed by atoms with E-state index in [-0.39, 0.29) is 6.10 Å². The lowest BCUT2D eigenvalue weighted by atomic mass is 10.0. The van der Waals surface area contributed by atoms with Crippen LogP contribution in [0.4, 0.5) is 0 Å². The minimum atomic E-state index is -0.888. The lowest BCUT2D eigenvalue weighted by Gasteiger charge is -2.31. The zero-order valence-corrected chi connectivity index (χ0v) is 25.8. The van der Waals surface area contributed by atoms with Gasteiger partial charge < -0.3 is 9.47 Å². The van der Waals surface area contributed by atoms with Crippen molar-refractivity contribution in [3.8, 4) is 22.6 Å². The van der Waals surface area contributed by atoms with Gasteiger partial charge >= 0.3 is 0 Å². The molecule has 0 N–H and O–H groups in total. The summed E-state index contributed by atoms with van der Waals surface area (Å²) in [7, 11) is -1.77. The molecule has 0 amide bonds. The number of fused-ring (bicyclic) bond motifs is 3. The summed E-state index contributed by atoms with van der Waals surface area (Å²) in [4.78, 5) is 0. The third kappa shape index (κ3) is 5.62. The molecule has 0 saturated carbocycles. The van der Waals surface area contributed by atoms with Crippen molar-refractivity contribution in [3.05, 3.63) is 158 Å². The second-order valence-electron chi connectivity index (χ2n) is 10.6. The van der Waals surface area contributed by atoms with E-state index in [1.807, 2.05) is 0 Å². The van der Waals surface area contributed by atoms with Gasteiger partial charge in [-0.15, -0.1) is 0 Å². The second kappa shape index (κ2) is 12.6. The van der Waals surface area contributed by atoms with Crippen LogP contribution in [0.25, 0.3) is 11.1 Å². The Morgan fingerprint density at radius 2 is 0.814 bits per heavy atom. The quantitative estimate of drug-likeness (QED) is 0.193. The molecule has 0 fully saturated rings. The van der Waals surface area contributed by atoms with Crippen LogP contribution in [-0.2, 0) is 0 Å². The second-order valence-corrected chi connectivity index (χ2v) is 14.9. The van der Waals surface area contributed by atoms with Crippen molar-refractivity contribution in [3.63, 3.8) is 0 Å². The first-order valence-electron chi connectivity index (χ1n) is 14.6. The first-order valence-corrected chi connectivity index (χ1v) is 17.3. The lowest BCUT2D eigenvalue weighted by molar-refractivity contribution is 0.141. The van der Waals surface area contributed by atoms with E-state index in [4.69, 9.17) is 9.47 Å². The summed E-state index contributed by atoms with van der Waals surface area (Å²) in [5.74, 6) is 1.83. The van der Waals surface area contributed by atoms with Gasteiger partial charge in [0, 0.05) is 11.1 Å². The van der Waals surface area contributed by atoms with Gasteiger partial charge in [-0.05, 0) is 66.7 Å². The Kier molecular flexibility index (Phi) is 8.07. The molecule has 1 atom stereocenters. The highest BCUT2D eigenvalue weighted by molar-refractivity contribution is 7.80. The summed E-state index contributed by atoms with van der Waals surface area (Å²) in [6.45, 7) is 2.57. The van der Waals surface area contributed by atoms with Crippen LogP contribution in [0.2, 0.25) is 0 Å². The van der Waals surface area contributed by atoms with Gasteiger partial charge in [-0.1, -0.05) is 146 Å². The summed E-state index contributed by atoms with van der Waals surface area (Å²) in [5, 5.41) is 7.77. The molecular formula is C39H32O2P2. The molecule has 6 aromatic carbocycles. The van der Waals surface area contributed by atoms with Crippen molar-refractivity contribution in [1.82, 2.24) is 0 Å². The highest BCUT2D eigenvalue weighted by Gasteiger charge is 2.31. The van der Waals surface area contributed by atoms with Crippen LogP contribution in [0.15, 0.2) is 158 Å². The fraction of sp³-hybridized carbons (Fsp3) is 0.0769. The van der Waals surface area contributed by atoms with E-state index >= 15 is 0 Å². The van der Waals surface area contributed by atoms with Gasteiger partial charge in [0.05, 0.1) is 0 Å². The topological polar surface area (TPSA) is 18.5 Å². The molecule has 0 spiro atoms. The number of rotatable bonds is 6. The molecule has 210 valence electrons. The fourth-order valence-electron chi connectivity index (χ4n) is 5.75. The average molecular weight is 595 g/mol. The Morgan fingerprint density at radius 3 is 1.23 bits per heavy atom. The Labute approximate surface area is 256 Å². The van der Waals surface area contributed by atoms with E-state index in [2.05, 4.69) is 165 Å². The van der Waals surface area contributed by atoms with Gasteiger partial charge in [-0.3, -0.25) is 0 Å². The first-order chi connectivity index (χ1) is 21.3. The standard InChI is InChI=1S/C39H32O2P2/c1-29-28-40-34-24-14-26-36(42(30-16-6-2-7-17-30)31-18-8-3-9-19-31)38(34)39-35(41-29)25-15-27-37(39)43(32-20-10-4-11-21-32)33-22-12-5-13-23-33/h2-27,29H,28H2,1H3/t29-/m0/s1. The Bertz CT molecular complexity index is 1730. The van der Waals surface area contributed by atoms with Crippen LogP contribution in [0, 0.1) is 0 Å². The third-order valence-electron chi connectivity index (χ3n) is 7.60. The van der Waals surface area contributed by atoms with Crippen molar-refractivity contribution in [2.24, 2.45) is 0 Å². The first kappa shape index (κ1) is 27.6. The van der Waals surface area contributed by atoms with Gasteiger partial charge in [0.25, 0.3) is 0 Å². The molecule has 7 rings (SSSR count). The maximum atomic E-state index is 6.69. The van der Waals surface area contributed by atoms with E-state index in [1.165, 1.54) is 31.8 Å². The fourth-order valence-corrected chi connectivity index (χ4v) is 10.7. The average Bonchev–Trinajstić information content (AvgIpc) is 3.06. The molecule has 0 aliphatic carbocycles. The van der Waals surface area contributed by atoms with E-state index < -0.39 is 15.8 Å². The Balaban J connectivity index is 1.55. The van der Waals surface area contributed by atoms with Crippen molar-refractivity contribution in [1.29, 1.82) is 0 Å². The Hall–Kier alpha value is -4.22. The van der Waals surface area contributed by atoms with Crippen molar-refractivity contribution < 1.29 is 9.47 Å². The van der Waals surface area contributed by atoms with Crippen molar-refractivity contribution >= 4 is 47.7 Å². The molecule has 2 nitrogen and oxygen atoms in total. The van der Waals surface area contributed by atoms with Gasteiger partial charge in [0.1, 0.15) is 24.2 Å². The molecule has 1 aliphatic heterocycles.